The van der Waals surface area contributed by atoms with E-state index in [0.717, 1.165) is 18.3 Å². The van der Waals surface area contributed by atoms with Crippen LogP contribution in [0, 0.1) is 17.8 Å². The summed E-state index contributed by atoms with van der Waals surface area (Å²) in [6, 6.07) is 2.44. The third-order valence-corrected chi connectivity index (χ3v) is 4.10. The molecule has 0 bridgehead atoms. The van der Waals surface area contributed by atoms with Crippen molar-refractivity contribution < 1.29 is 4.42 Å². The van der Waals surface area contributed by atoms with E-state index in [-0.39, 0.29) is 0 Å². The SMILES string of the molecule is CC(C)C1CCC(N)C(Cc2ccoc2)C1. The van der Waals surface area contributed by atoms with Crippen LogP contribution in [0.4, 0.5) is 0 Å². The van der Waals surface area contributed by atoms with Gasteiger partial charge in [0.2, 0.25) is 0 Å². The molecule has 0 aliphatic heterocycles. The molecule has 90 valence electrons. The molecule has 0 saturated heterocycles. The van der Waals surface area contributed by atoms with Gasteiger partial charge >= 0.3 is 0 Å². The highest BCUT2D eigenvalue weighted by Crippen LogP contribution is 2.34. The van der Waals surface area contributed by atoms with Crippen molar-refractivity contribution in [3.05, 3.63) is 24.2 Å². The third kappa shape index (κ3) is 2.67. The highest BCUT2D eigenvalue weighted by atomic mass is 16.3. The average Bonchev–Trinajstić information content (AvgIpc) is 2.73. The van der Waals surface area contributed by atoms with Gasteiger partial charge in [-0.05, 0) is 55.1 Å². The van der Waals surface area contributed by atoms with Crippen molar-refractivity contribution in [1.29, 1.82) is 0 Å². The molecular weight excluding hydrogens is 198 g/mol. The lowest BCUT2D eigenvalue weighted by molar-refractivity contribution is 0.189. The van der Waals surface area contributed by atoms with Gasteiger partial charge in [0.1, 0.15) is 0 Å². The zero-order valence-electron chi connectivity index (χ0n) is 10.4. The average molecular weight is 221 g/mol. The molecule has 0 aromatic carbocycles. The lowest BCUT2D eigenvalue weighted by Crippen LogP contribution is -2.38. The molecule has 1 heterocycles. The molecule has 0 spiro atoms. The number of rotatable bonds is 3. The van der Waals surface area contributed by atoms with Crippen molar-refractivity contribution >= 4 is 0 Å². The topological polar surface area (TPSA) is 39.2 Å². The van der Waals surface area contributed by atoms with E-state index in [0.29, 0.717) is 12.0 Å². The Morgan fingerprint density at radius 1 is 1.44 bits per heavy atom. The summed E-state index contributed by atoms with van der Waals surface area (Å²) in [5.41, 5.74) is 7.52. The van der Waals surface area contributed by atoms with Crippen LogP contribution in [0.2, 0.25) is 0 Å². The molecule has 1 saturated carbocycles. The smallest absolute Gasteiger partial charge is 0.0934 e. The summed E-state index contributed by atoms with van der Waals surface area (Å²) in [6.07, 6.45) is 8.46. The first-order valence-corrected chi connectivity index (χ1v) is 6.43. The number of nitrogens with two attached hydrogens (primary N) is 1. The van der Waals surface area contributed by atoms with Gasteiger partial charge in [-0.2, -0.15) is 0 Å². The second-order valence-electron chi connectivity index (χ2n) is 5.58. The summed E-state index contributed by atoms with van der Waals surface area (Å²) in [4.78, 5) is 0. The van der Waals surface area contributed by atoms with E-state index in [1.165, 1.54) is 24.8 Å². The largest absolute Gasteiger partial charge is 0.472 e. The van der Waals surface area contributed by atoms with Crippen LogP contribution in [-0.4, -0.2) is 6.04 Å². The minimum absolute atomic E-state index is 0.380. The van der Waals surface area contributed by atoms with Gasteiger partial charge < -0.3 is 10.2 Å². The maximum absolute atomic E-state index is 6.23. The lowest BCUT2D eigenvalue weighted by atomic mass is 9.72. The van der Waals surface area contributed by atoms with Gasteiger partial charge in [-0.15, -0.1) is 0 Å². The van der Waals surface area contributed by atoms with Gasteiger partial charge in [-0.3, -0.25) is 0 Å². The quantitative estimate of drug-likeness (QED) is 0.851. The van der Waals surface area contributed by atoms with Crippen LogP contribution in [-0.2, 0) is 6.42 Å². The summed E-state index contributed by atoms with van der Waals surface area (Å²) in [5.74, 6) is 2.29. The molecule has 1 aliphatic rings. The van der Waals surface area contributed by atoms with Gasteiger partial charge in [0.15, 0.2) is 0 Å². The lowest BCUT2D eigenvalue weighted by Gasteiger charge is -2.36. The Bertz CT molecular complexity index is 305. The Hall–Kier alpha value is -0.760. The summed E-state index contributed by atoms with van der Waals surface area (Å²) < 4.78 is 5.12. The molecule has 3 unspecified atom stereocenters. The van der Waals surface area contributed by atoms with E-state index >= 15 is 0 Å². The minimum atomic E-state index is 0.380. The van der Waals surface area contributed by atoms with Crippen molar-refractivity contribution in [3.8, 4) is 0 Å². The van der Waals surface area contributed by atoms with Crippen LogP contribution in [0.5, 0.6) is 0 Å². The van der Waals surface area contributed by atoms with E-state index < -0.39 is 0 Å². The van der Waals surface area contributed by atoms with E-state index in [4.69, 9.17) is 10.2 Å². The minimum Gasteiger partial charge on any atom is -0.472 e. The van der Waals surface area contributed by atoms with Gasteiger partial charge in [0.25, 0.3) is 0 Å². The molecule has 2 nitrogen and oxygen atoms in total. The van der Waals surface area contributed by atoms with Gasteiger partial charge in [0, 0.05) is 6.04 Å². The molecule has 2 heteroatoms. The second-order valence-corrected chi connectivity index (χ2v) is 5.58. The molecule has 3 atom stereocenters. The van der Waals surface area contributed by atoms with E-state index in [1.807, 2.05) is 6.26 Å². The van der Waals surface area contributed by atoms with E-state index in [1.54, 1.807) is 6.26 Å². The predicted molar refractivity (Wildman–Crippen MR) is 66.1 cm³/mol. The van der Waals surface area contributed by atoms with Crippen molar-refractivity contribution in [1.82, 2.24) is 0 Å². The maximum atomic E-state index is 6.23. The maximum Gasteiger partial charge on any atom is 0.0934 e. The normalized spacial score (nSPS) is 30.9. The van der Waals surface area contributed by atoms with Crippen LogP contribution in [0.25, 0.3) is 0 Å². The molecule has 1 aromatic heterocycles. The van der Waals surface area contributed by atoms with Crippen LogP contribution in [0.15, 0.2) is 23.0 Å². The Morgan fingerprint density at radius 2 is 2.25 bits per heavy atom. The molecule has 0 radical (unpaired) electrons. The fourth-order valence-electron chi connectivity index (χ4n) is 2.88. The van der Waals surface area contributed by atoms with Crippen molar-refractivity contribution in [2.45, 2.75) is 45.6 Å². The number of hydrogen-bond acceptors (Lipinski definition) is 2. The summed E-state index contributed by atoms with van der Waals surface area (Å²) in [5, 5.41) is 0. The Kier molecular flexibility index (Phi) is 3.70. The zero-order valence-corrected chi connectivity index (χ0v) is 10.4. The third-order valence-electron chi connectivity index (χ3n) is 4.10. The first kappa shape index (κ1) is 11.7. The monoisotopic (exact) mass is 221 g/mol. The summed E-state index contributed by atoms with van der Waals surface area (Å²) in [7, 11) is 0. The van der Waals surface area contributed by atoms with E-state index in [9.17, 15) is 0 Å². The predicted octanol–water partition coefficient (Wildman–Crippen LogP) is 3.22. The second kappa shape index (κ2) is 5.05. The van der Waals surface area contributed by atoms with Gasteiger partial charge in [0.05, 0.1) is 12.5 Å². The fourth-order valence-corrected chi connectivity index (χ4v) is 2.88. The molecule has 2 N–H and O–H groups in total. The van der Waals surface area contributed by atoms with Crippen molar-refractivity contribution in [3.63, 3.8) is 0 Å². The molecule has 1 aliphatic carbocycles. The van der Waals surface area contributed by atoms with Crippen LogP contribution < -0.4 is 5.73 Å². The summed E-state index contributed by atoms with van der Waals surface area (Å²) in [6.45, 7) is 4.66. The number of hydrogen-bond donors (Lipinski definition) is 1. The van der Waals surface area contributed by atoms with Crippen molar-refractivity contribution in [2.75, 3.05) is 0 Å². The van der Waals surface area contributed by atoms with Crippen molar-refractivity contribution in [2.24, 2.45) is 23.5 Å². The van der Waals surface area contributed by atoms with Crippen LogP contribution in [0.1, 0.15) is 38.7 Å². The molecule has 0 amide bonds. The molecule has 16 heavy (non-hydrogen) atoms. The fraction of sp³-hybridized carbons (Fsp3) is 0.714. The highest BCUT2D eigenvalue weighted by molar-refractivity contribution is 5.07. The Balaban J connectivity index is 1.96. The molecule has 1 aromatic rings. The van der Waals surface area contributed by atoms with Crippen LogP contribution >= 0.6 is 0 Å². The van der Waals surface area contributed by atoms with Gasteiger partial charge in [-0.25, -0.2) is 0 Å². The van der Waals surface area contributed by atoms with E-state index in [2.05, 4.69) is 19.9 Å². The first-order valence-electron chi connectivity index (χ1n) is 6.43. The summed E-state index contributed by atoms with van der Waals surface area (Å²) >= 11 is 0. The van der Waals surface area contributed by atoms with Crippen LogP contribution in [0.3, 0.4) is 0 Å². The molecule has 1 fully saturated rings. The number of furan rings is 1. The van der Waals surface area contributed by atoms with Gasteiger partial charge in [-0.1, -0.05) is 13.8 Å². The molecular formula is C14H23NO. The first-order chi connectivity index (χ1) is 7.66. The molecule has 2 rings (SSSR count). The standard InChI is InChI=1S/C14H23NO/c1-10(2)12-3-4-14(15)13(8-12)7-11-5-6-16-9-11/h5-6,9-10,12-14H,3-4,7-8,15H2,1-2H3. The highest BCUT2D eigenvalue weighted by Gasteiger charge is 2.29. The Morgan fingerprint density at radius 3 is 2.88 bits per heavy atom. The Labute approximate surface area is 98.2 Å². The zero-order chi connectivity index (χ0) is 11.5.